The number of anilines is 1. The van der Waals surface area contributed by atoms with Gasteiger partial charge in [-0.25, -0.2) is 9.97 Å². The minimum atomic E-state index is -0.0611. The van der Waals surface area contributed by atoms with Gasteiger partial charge in [0.1, 0.15) is 11.4 Å². The summed E-state index contributed by atoms with van der Waals surface area (Å²) in [4.78, 5) is 22.9. The zero-order valence-corrected chi connectivity index (χ0v) is 19.3. The lowest BCUT2D eigenvalue weighted by atomic mass is 10.0. The van der Waals surface area contributed by atoms with E-state index in [9.17, 15) is 4.79 Å². The minimum Gasteiger partial charge on any atom is -0.497 e. The highest BCUT2D eigenvalue weighted by Gasteiger charge is 2.22. The van der Waals surface area contributed by atoms with Gasteiger partial charge in [0.15, 0.2) is 5.82 Å². The average molecular weight is 450 g/mol. The van der Waals surface area contributed by atoms with Crippen molar-refractivity contribution in [1.82, 2.24) is 9.97 Å². The van der Waals surface area contributed by atoms with Crippen LogP contribution in [0, 0.1) is 0 Å². The summed E-state index contributed by atoms with van der Waals surface area (Å²) in [5.41, 5.74) is 6.86. The maximum atomic E-state index is 12.9. The molecule has 3 aromatic carbocycles. The molecule has 1 aromatic heterocycles. The molecule has 5 rings (SSSR count). The molecule has 1 aliphatic carbocycles. The van der Waals surface area contributed by atoms with Crippen LogP contribution in [0.25, 0.3) is 22.5 Å². The van der Waals surface area contributed by atoms with Crippen molar-refractivity contribution in [3.8, 4) is 28.3 Å². The number of benzene rings is 3. The van der Waals surface area contributed by atoms with Crippen LogP contribution in [0.5, 0.6) is 5.75 Å². The fourth-order valence-electron chi connectivity index (χ4n) is 4.42. The molecule has 0 radical (unpaired) electrons. The third-order valence-corrected chi connectivity index (χ3v) is 6.18. The summed E-state index contributed by atoms with van der Waals surface area (Å²) in [5, 5.41) is 3.06. The Bertz CT molecular complexity index is 1300. The van der Waals surface area contributed by atoms with Gasteiger partial charge in [0.25, 0.3) is 0 Å². The Kier molecular flexibility index (Phi) is 6.34. The maximum absolute atomic E-state index is 12.9. The molecule has 0 saturated carbocycles. The maximum Gasteiger partial charge on any atom is 0.225 e. The van der Waals surface area contributed by atoms with Crippen LogP contribution in [-0.2, 0) is 24.1 Å². The van der Waals surface area contributed by atoms with Gasteiger partial charge in [-0.1, -0.05) is 60.7 Å². The highest BCUT2D eigenvalue weighted by atomic mass is 16.5. The van der Waals surface area contributed by atoms with Crippen molar-refractivity contribution in [3.63, 3.8) is 0 Å². The van der Waals surface area contributed by atoms with E-state index in [2.05, 4.69) is 17.4 Å². The number of aryl methyl sites for hydroxylation is 3. The zero-order chi connectivity index (χ0) is 23.3. The second kappa shape index (κ2) is 9.87. The van der Waals surface area contributed by atoms with Crippen LogP contribution < -0.4 is 10.1 Å². The van der Waals surface area contributed by atoms with E-state index >= 15 is 0 Å². The van der Waals surface area contributed by atoms with Gasteiger partial charge >= 0.3 is 0 Å². The van der Waals surface area contributed by atoms with E-state index in [0.29, 0.717) is 24.4 Å². The summed E-state index contributed by atoms with van der Waals surface area (Å²) in [7, 11) is 1.69. The topological polar surface area (TPSA) is 64.1 Å². The Balaban J connectivity index is 1.52. The first-order valence-corrected chi connectivity index (χ1v) is 11.7. The predicted molar refractivity (Wildman–Crippen MR) is 135 cm³/mol. The van der Waals surface area contributed by atoms with Crippen molar-refractivity contribution in [2.75, 3.05) is 12.4 Å². The van der Waals surface area contributed by atoms with Crippen LogP contribution in [0.4, 0.5) is 5.82 Å². The highest BCUT2D eigenvalue weighted by Crippen LogP contribution is 2.36. The molecule has 0 fully saturated rings. The first-order valence-electron chi connectivity index (χ1n) is 11.7. The largest absolute Gasteiger partial charge is 0.497 e. The molecule has 0 spiro atoms. The monoisotopic (exact) mass is 449 g/mol. The van der Waals surface area contributed by atoms with Crippen molar-refractivity contribution >= 4 is 11.7 Å². The van der Waals surface area contributed by atoms with Crippen molar-refractivity contribution in [2.24, 2.45) is 0 Å². The van der Waals surface area contributed by atoms with Crippen LogP contribution in [0.2, 0.25) is 0 Å². The molecular formula is C29H27N3O2. The lowest BCUT2D eigenvalue weighted by molar-refractivity contribution is -0.116. The molecule has 4 aromatic rings. The molecule has 0 saturated heterocycles. The van der Waals surface area contributed by atoms with E-state index in [4.69, 9.17) is 14.7 Å². The number of nitrogens with one attached hydrogen (secondary N) is 1. The number of methoxy groups -OCH3 is 1. The quantitative estimate of drug-likeness (QED) is 0.399. The second-order valence-corrected chi connectivity index (χ2v) is 8.49. The van der Waals surface area contributed by atoms with E-state index in [-0.39, 0.29) is 5.91 Å². The van der Waals surface area contributed by atoms with Crippen LogP contribution >= 0.6 is 0 Å². The van der Waals surface area contributed by atoms with Gasteiger partial charge in [-0.15, -0.1) is 0 Å². The molecule has 0 bridgehead atoms. The third kappa shape index (κ3) is 4.69. The van der Waals surface area contributed by atoms with Crippen LogP contribution in [0.3, 0.4) is 0 Å². The molecule has 34 heavy (non-hydrogen) atoms. The molecule has 170 valence electrons. The van der Waals surface area contributed by atoms with Gasteiger partial charge in [0.05, 0.1) is 18.5 Å². The van der Waals surface area contributed by atoms with Crippen molar-refractivity contribution in [1.29, 1.82) is 0 Å². The van der Waals surface area contributed by atoms with Crippen molar-refractivity contribution in [2.45, 2.75) is 32.1 Å². The molecule has 1 heterocycles. The lowest BCUT2D eigenvalue weighted by Gasteiger charge is -2.15. The third-order valence-electron chi connectivity index (χ3n) is 6.18. The number of ether oxygens (including phenoxy) is 1. The first kappa shape index (κ1) is 21.8. The number of hydrogen-bond donors (Lipinski definition) is 1. The summed E-state index contributed by atoms with van der Waals surface area (Å²) < 4.78 is 5.44. The van der Waals surface area contributed by atoms with E-state index in [1.165, 1.54) is 5.56 Å². The zero-order valence-electron chi connectivity index (χ0n) is 19.3. The van der Waals surface area contributed by atoms with E-state index in [0.717, 1.165) is 53.1 Å². The number of rotatable bonds is 6. The predicted octanol–water partition coefficient (Wildman–Crippen LogP) is 5.88. The Morgan fingerprint density at radius 3 is 2.44 bits per heavy atom. The molecule has 0 aliphatic heterocycles. The molecule has 1 aliphatic rings. The Labute approximate surface area is 199 Å². The number of nitrogens with zero attached hydrogens (tertiary/aromatic N) is 2. The van der Waals surface area contributed by atoms with Gasteiger partial charge in [0, 0.05) is 17.5 Å². The Morgan fingerprint density at radius 2 is 1.68 bits per heavy atom. The minimum absolute atomic E-state index is 0.0611. The Morgan fingerprint density at radius 1 is 0.912 bits per heavy atom. The van der Waals surface area contributed by atoms with Crippen LogP contribution in [0.15, 0.2) is 78.9 Å². The second-order valence-electron chi connectivity index (χ2n) is 8.49. The van der Waals surface area contributed by atoms with Gasteiger partial charge in [-0.3, -0.25) is 4.79 Å². The number of amides is 1. The molecule has 0 unspecified atom stereocenters. The number of aromatic nitrogens is 2. The fourth-order valence-corrected chi connectivity index (χ4v) is 4.42. The highest BCUT2D eigenvalue weighted by molar-refractivity contribution is 5.94. The van der Waals surface area contributed by atoms with E-state index in [1.54, 1.807) is 7.11 Å². The number of carbonyl (C=O) groups is 1. The molecule has 5 heteroatoms. The van der Waals surface area contributed by atoms with E-state index in [1.807, 2.05) is 66.7 Å². The summed E-state index contributed by atoms with van der Waals surface area (Å²) >= 11 is 0. The van der Waals surface area contributed by atoms with Gasteiger partial charge < -0.3 is 10.1 Å². The van der Waals surface area contributed by atoms with Gasteiger partial charge in [0.2, 0.25) is 5.91 Å². The molecule has 1 amide bonds. The standard InChI is InChI=1S/C29H27N3O2/c1-34-23-16-17-24-22(19-23)13-8-14-25-28(24)32-27(21-11-6-3-7-12-21)29(30-25)31-26(33)18-15-20-9-4-2-5-10-20/h2-7,9-12,16-17,19H,8,13-15,18H2,1H3,(H,30,31,33). The molecular weight excluding hydrogens is 422 g/mol. The molecule has 1 N–H and O–H groups in total. The number of hydrogen-bond acceptors (Lipinski definition) is 4. The van der Waals surface area contributed by atoms with E-state index < -0.39 is 0 Å². The SMILES string of the molecule is COc1ccc2c(c1)CCCc1nc(NC(=O)CCc3ccccc3)c(-c3ccccc3)nc1-2. The average Bonchev–Trinajstić information content (AvgIpc) is 3.06. The lowest BCUT2D eigenvalue weighted by Crippen LogP contribution is -2.16. The summed E-state index contributed by atoms with van der Waals surface area (Å²) in [6.45, 7) is 0. The van der Waals surface area contributed by atoms with Gasteiger partial charge in [-0.2, -0.15) is 0 Å². The number of carbonyl (C=O) groups excluding carboxylic acids is 1. The first-order chi connectivity index (χ1) is 16.7. The normalized spacial score (nSPS) is 12.3. The Hall–Kier alpha value is -3.99. The van der Waals surface area contributed by atoms with Gasteiger partial charge in [-0.05, 0) is 55.0 Å². The molecule has 0 atom stereocenters. The molecule has 5 nitrogen and oxygen atoms in total. The van der Waals surface area contributed by atoms with Crippen molar-refractivity contribution < 1.29 is 9.53 Å². The summed E-state index contributed by atoms with van der Waals surface area (Å²) in [5.74, 6) is 1.31. The smallest absolute Gasteiger partial charge is 0.225 e. The van der Waals surface area contributed by atoms with Crippen molar-refractivity contribution in [3.05, 3.63) is 95.7 Å². The van der Waals surface area contributed by atoms with Crippen LogP contribution in [0.1, 0.15) is 29.7 Å². The summed E-state index contributed by atoms with van der Waals surface area (Å²) in [6.07, 6.45) is 3.78. The fraction of sp³-hybridized carbons (Fsp3) is 0.207. The number of fused-ring (bicyclic) bond motifs is 3. The van der Waals surface area contributed by atoms with Crippen LogP contribution in [-0.4, -0.2) is 23.0 Å². The summed E-state index contributed by atoms with van der Waals surface area (Å²) in [6, 6.07) is 26.1.